The van der Waals surface area contributed by atoms with Crippen LogP contribution in [-0.2, 0) is 6.54 Å². The minimum absolute atomic E-state index is 0.429. The molecule has 0 atom stereocenters. The van der Waals surface area contributed by atoms with Crippen LogP contribution in [0.1, 0.15) is 30.3 Å². The number of imidazole rings is 1. The lowest BCUT2D eigenvalue weighted by molar-refractivity contribution is 0.421. The number of hydrogen-bond donors (Lipinski definition) is 0. The van der Waals surface area contributed by atoms with Crippen molar-refractivity contribution in [2.24, 2.45) is 0 Å². The summed E-state index contributed by atoms with van der Waals surface area (Å²) in [5.41, 5.74) is 3.44. The van der Waals surface area contributed by atoms with E-state index in [1.807, 2.05) is 27.4 Å². The second kappa shape index (κ2) is 5.01. The molecule has 0 spiro atoms. The Kier molecular flexibility index (Phi) is 2.74. The van der Waals surface area contributed by atoms with E-state index >= 15 is 0 Å². The Hall–Kier alpha value is -3.00. The van der Waals surface area contributed by atoms with E-state index in [9.17, 15) is 0 Å². The second-order valence-electron chi connectivity index (χ2n) is 6.54. The third-order valence-corrected chi connectivity index (χ3v) is 5.06. The summed E-state index contributed by atoms with van der Waals surface area (Å²) in [6.07, 6.45) is 5.56. The first-order valence-corrected chi connectivity index (χ1v) is 8.74. The normalized spacial score (nSPS) is 15.3. The van der Waals surface area contributed by atoms with Crippen molar-refractivity contribution in [2.45, 2.75) is 25.3 Å². The van der Waals surface area contributed by atoms with E-state index in [0.717, 1.165) is 41.4 Å². The van der Waals surface area contributed by atoms with Crippen LogP contribution in [0.2, 0.25) is 5.02 Å². The highest BCUT2D eigenvalue weighted by atomic mass is 35.5. The van der Waals surface area contributed by atoms with Gasteiger partial charge in [-0.05, 0) is 31.0 Å². The van der Waals surface area contributed by atoms with E-state index in [1.165, 1.54) is 0 Å². The molecule has 3 aromatic heterocycles. The lowest BCUT2D eigenvalue weighted by Crippen LogP contribution is -2.05. The standard InChI is InChI=1S/C17H12ClN7O/c18-10-3-4-12-11(5-10)16-19-7-21-25(16)6-13-14(20-8-24(12)13)17-22-15(23-26-17)9-1-2-9/h3-5,7-9H,1-2,6H2. The zero-order valence-electron chi connectivity index (χ0n) is 13.5. The van der Waals surface area contributed by atoms with Crippen molar-refractivity contribution in [3.8, 4) is 28.7 Å². The van der Waals surface area contributed by atoms with Crippen LogP contribution in [0.4, 0.5) is 0 Å². The second-order valence-corrected chi connectivity index (χ2v) is 6.98. The molecule has 0 unspecified atom stereocenters. The van der Waals surface area contributed by atoms with Gasteiger partial charge in [-0.2, -0.15) is 10.1 Å². The highest BCUT2D eigenvalue weighted by Crippen LogP contribution is 2.40. The molecule has 2 aliphatic rings. The van der Waals surface area contributed by atoms with Gasteiger partial charge in [-0.3, -0.25) is 4.57 Å². The zero-order valence-corrected chi connectivity index (χ0v) is 14.3. The van der Waals surface area contributed by atoms with Crippen molar-refractivity contribution in [1.82, 2.24) is 34.5 Å². The summed E-state index contributed by atoms with van der Waals surface area (Å²) in [5, 5.41) is 9.11. The molecule has 8 nitrogen and oxygen atoms in total. The maximum atomic E-state index is 6.21. The SMILES string of the molecule is Clc1ccc2c(c1)-c1ncnn1Cc1c(-c3nc(C4CC4)no3)ncn1-2. The number of rotatable bonds is 2. The van der Waals surface area contributed by atoms with Crippen molar-refractivity contribution < 1.29 is 4.52 Å². The van der Waals surface area contributed by atoms with Crippen LogP contribution in [0, 0.1) is 0 Å². The summed E-state index contributed by atoms with van der Waals surface area (Å²) >= 11 is 6.21. The number of hydrogen-bond acceptors (Lipinski definition) is 6. The van der Waals surface area contributed by atoms with E-state index in [4.69, 9.17) is 16.1 Å². The lowest BCUT2D eigenvalue weighted by atomic mass is 10.1. The maximum Gasteiger partial charge on any atom is 0.278 e. The van der Waals surface area contributed by atoms with Crippen molar-refractivity contribution in [3.63, 3.8) is 0 Å². The van der Waals surface area contributed by atoms with Crippen molar-refractivity contribution in [2.75, 3.05) is 0 Å². The van der Waals surface area contributed by atoms with Gasteiger partial charge in [-0.15, -0.1) is 0 Å². The molecule has 1 aliphatic heterocycles. The maximum absolute atomic E-state index is 6.21. The van der Waals surface area contributed by atoms with Crippen LogP contribution in [0.5, 0.6) is 0 Å². The Morgan fingerprint density at radius 1 is 1.19 bits per heavy atom. The molecule has 0 bridgehead atoms. The molecule has 1 aromatic carbocycles. The molecule has 128 valence electrons. The molecule has 4 heterocycles. The van der Waals surface area contributed by atoms with Gasteiger partial charge in [0.15, 0.2) is 17.3 Å². The number of halogens is 1. The first-order chi connectivity index (χ1) is 12.8. The van der Waals surface area contributed by atoms with Gasteiger partial charge in [0, 0.05) is 16.5 Å². The molecule has 9 heteroatoms. The van der Waals surface area contributed by atoms with Crippen LogP contribution >= 0.6 is 11.6 Å². The minimum Gasteiger partial charge on any atom is -0.332 e. The summed E-state index contributed by atoms with van der Waals surface area (Å²) in [5.74, 6) is 2.41. The summed E-state index contributed by atoms with van der Waals surface area (Å²) < 4.78 is 9.33. The molecule has 0 radical (unpaired) electrons. The molecule has 4 aromatic rings. The third-order valence-electron chi connectivity index (χ3n) is 4.83. The number of aromatic nitrogens is 7. The highest BCUT2D eigenvalue weighted by Gasteiger charge is 2.31. The van der Waals surface area contributed by atoms with Gasteiger partial charge in [-0.1, -0.05) is 16.8 Å². The van der Waals surface area contributed by atoms with E-state index in [0.29, 0.717) is 29.1 Å². The van der Waals surface area contributed by atoms with E-state index in [2.05, 4.69) is 25.2 Å². The average molecular weight is 366 g/mol. The van der Waals surface area contributed by atoms with Crippen molar-refractivity contribution in [3.05, 3.63) is 47.4 Å². The molecule has 1 aliphatic carbocycles. The number of nitrogens with zero attached hydrogens (tertiary/aromatic N) is 7. The molecule has 6 rings (SSSR count). The lowest BCUT2D eigenvalue weighted by Gasteiger charge is -2.08. The Bertz CT molecular complexity index is 1150. The van der Waals surface area contributed by atoms with Gasteiger partial charge in [-0.25, -0.2) is 14.6 Å². The van der Waals surface area contributed by atoms with Gasteiger partial charge < -0.3 is 4.52 Å². The number of benzene rings is 1. The van der Waals surface area contributed by atoms with Crippen LogP contribution in [0.3, 0.4) is 0 Å². The average Bonchev–Trinajstić information content (AvgIpc) is 3.06. The monoisotopic (exact) mass is 365 g/mol. The predicted octanol–water partition coefficient (Wildman–Crippen LogP) is 3.07. The fraction of sp³-hybridized carbons (Fsp3) is 0.235. The molecule has 0 amide bonds. The first kappa shape index (κ1) is 14.2. The Morgan fingerprint density at radius 2 is 2.12 bits per heavy atom. The molecular formula is C17H12ClN7O. The smallest absolute Gasteiger partial charge is 0.278 e. The van der Waals surface area contributed by atoms with Crippen LogP contribution in [-0.4, -0.2) is 34.5 Å². The molecule has 0 saturated heterocycles. The van der Waals surface area contributed by atoms with Gasteiger partial charge in [0.1, 0.15) is 12.7 Å². The molecule has 1 saturated carbocycles. The topological polar surface area (TPSA) is 87.4 Å². The first-order valence-electron chi connectivity index (χ1n) is 8.36. The van der Waals surface area contributed by atoms with Crippen LogP contribution in [0.15, 0.2) is 35.4 Å². The van der Waals surface area contributed by atoms with Crippen molar-refractivity contribution in [1.29, 1.82) is 0 Å². The third kappa shape index (κ3) is 1.99. The van der Waals surface area contributed by atoms with Gasteiger partial charge in [0.05, 0.1) is 17.9 Å². The van der Waals surface area contributed by atoms with Crippen molar-refractivity contribution >= 4 is 11.6 Å². The summed E-state index contributed by atoms with van der Waals surface area (Å²) in [6.45, 7) is 0.498. The molecular weight excluding hydrogens is 354 g/mol. The van der Waals surface area contributed by atoms with Crippen LogP contribution < -0.4 is 0 Å². The largest absolute Gasteiger partial charge is 0.332 e. The Morgan fingerprint density at radius 3 is 3.00 bits per heavy atom. The Labute approximate surface area is 152 Å². The fourth-order valence-electron chi connectivity index (χ4n) is 3.38. The summed E-state index contributed by atoms with van der Waals surface area (Å²) in [6, 6.07) is 5.71. The highest BCUT2D eigenvalue weighted by molar-refractivity contribution is 6.31. The van der Waals surface area contributed by atoms with Gasteiger partial charge in [0.2, 0.25) is 0 Å². The summed E-state index contributed by atoms with van der Waals surface area (Å²) in [7, 11) is 0. The quantitative estimate of drug-likeness (QED) is 0.477. The summed E-state index contributed by atoms with van der Waals surface area (Å²) in [4.78, 5) is 13.5. The molecule has 0 N–H and O–H groups in total. The Balaban J connectivity index is 1.57. The molecule has 1 fully saturated rings. The zero-order chi connectivity index (χ0) is 17.3. The van der Waals surface area contributed by atoms with E-state index in [-0.39, 0.29) is 0 Å². The molecule has 26 heavy (non-hydrogen) atoms. The van der Waals surface area contributed by atoms with E-state index < -0.39 is 0 Å². The number of fused-ring (bicyclic) bond motifs is 5. The minimum atomic E-state index is 0.429. The predicted molar refractivity (Wildman–Crippen MR) is 92.0 cm³/mol. The van der Waals surface area contributed by atoms with E-state index in [1.54, 1.807) is 12.7 Å². The van der Waals surface area contributed by atoms with Crippen LogP contribution in [0.25, 0.3) is 28.7 Å². The van der Waals surface area contributed by atoms with Gasteiger partial charge >= 0.3 is 0 Å². The van der Waals surface area contributed by atoms with Gasteiger partial charge in [0.25, 0.3) is 5.89 Å². The fourth-order valence-corrected chi connectivity index (χ4v) is 3.55.